The van der Waals surface area contributed by atoms with Gasteiger partial charge in [0.25, 0.3) is 0 Å². The number of epoxide rings is 1. The number of nitrogens with one attached hydrogen (secondary N) is 1. The first kappa shape index (κ1) is 44.5. The number of halogens is 1. The number of alkyl carbamates (subject to hydrolysis) is 1. The van der Waals surface area contributed by atoms with Crippen LogP contribution in [-0.2, 0) is 39.8 Å². The van der Waals surface area contributed by atoms with Crippen LogP contribution in [0.1, 0.15) is 93.6 Å². The third-order valence-corrected chi connectivity index (χ3v) is 12.5. The van der Waals surface area contributed by atoms with Gasteiger partial charge in [-0.1, -0.05) is 63.1 Å². The van der Waals surface area contributed by atoms with E-state index in [9.17, 15) is 19.2 Å². The molecule has 0 aromatic heterocycles. The Morgan fingerprint density at radius 2 is 1.82 bits per heavy atom. The summed E-state index contributed by atoms with van der Waals surface area (Å²) in [6.45, 7) is 16.9. The highest BCUT2D eigenvalue weighted by Crippen LogP contribution is 2.58. The van der Waals surface area contributed by atoms with Gasteiger partial charge in [-0.15, -0.1) is 0 Å². The van der Waals surface area contributed by atoms with E-state index in [2.05, 4.69) is 17.9 Å². The summed E-state index contributed by atoms with van der Waals surface area (Å²) in [5.74, 6) is -0.934. The highest BCUT2D eigenvalue weighted by molar-refractivity contribution is 7.81. The molecule has 3 amide bonds. The molecule has 0 saturated carbocycles. The fourth-order valence-corrected chi connectivity index (χ4v) is 8.19. The summed E-state index contributed by atoms with van der Waals surface area (Å²) in [5.41, 5.74) is -1.80. The van der Waals surface area contributed by atoms with Gasteiger partial charge >= 0.3 is 12.1 Å². The number of hydrogen-bond donors (Lipinski definition) is 2. The van der Waals surface area contributed by atoms with Crippen LogP contribution >= 0.6 is 24.2 Å². The second-order valence-corrected chi connectivity index (χ2v) is 18.8. The summed E-state index contributed by atoms with van der Waals surface area (Å²) in [6, 6.07) is 2.70. The summed E-state index contributed by atoms with van der Waals surface area (Å²) in [4.78, 5) is 57.5. The van der Waals surface area contributed by atoms with Crippen molar-refractivity contribution in [1.29, 1.82) is 0 Å². The van der Waals surface area contributed by atoms with Gasteiger partial charge in [-0.25, -0.2) is 9.59 Å². The monoisotopic (exact) mass is 805 g/mol. The number of hydrogen-bond acceptors (Lipinski definition) is 10. The predicted molar refractivity (Wildman–Crippen MR) is 216 cm³/mol. The van der Waals surface area contributed by atoms with E-state index in [-0.39, 0.29) is 28.5 Å². The van der Waals surface area contributed by atoms with E-state index in [1.807, 2.05) is 78.8 Å². The summed E-state index contributed by atoms with van der Waals surface area (Å²) in [5, 5.41) is 3.25. The highest BCUT2D eigenvalue weighted by Gasteiger charge is 2.71. The van der Waals surface area contributed by atoms with Crippen LogP contribution in [0.25, 0.3) is 0 Å². The fourth-order valence-electron chi connectivity index (χ4n) is 7.76. The number of likely N-dealkylation sites (N-methyl/N-ethyl adjacent to an activating group) is 1. The molecule has 1 aromatic carbocycles. The topological polar surface area (TPSA) is 136 Å². The lowest BCUT2D eigenvalue weighted by molar-refractivity contribution is -0.162. The molecule has 1 N–H and O–H groups in total. The van der Waals surface area contributed by atoms with Crippen LogP contribution in [0.4, 0.5) is 10.5 Å². The van der Waals surface area contributed by atoms with Crippen molar-refractivity contribution < 1.29 is 42.9 Å². The number of carbonyl (C=O) groups is 4. The number of fused-ring (bicyclic) bond motifs is 5. The number of esters is 1. The first-order valence-corrected chi connectivity index (χ1v) is 19.5. The fraction of sp³-hybridized carbons (Fsp3) is 0.659. The number of rotatable bonds is 8. The molecule has 306 valence electrons. The van der Waals surface area contributed by atoms with Crippen molar-refractivity contribution in [2.24, 2.45) is 5.41 Å². The minimum absolute atomic E-state index is 0.192. The van der Waals surface area contributed by atoms with Gasteiger partial charge in [0.05, 0.1) is 37.0 Å². The SMILES string of the molecule is COc1cc2cc(c1Cl)N(C)C(=O)CC(OC(=O)[C@H](C)N(C)C(=O)CCC(C)(C)S)[C@]1(C)O[C@H]1C(C)(C)[C@]1(C)C[C@@](C)(NC(=O)O1)[C@H](OC)/C=C/C=C(\C)C2. The Hall–Kier alpha value is -3.26. The average molecular weight is 806 g/mol. The number of benzene rings is 1. The van der Waals surface area contributed by atoms with E-state index < -0.39 is 64.5 Å². The normalized spacial score (nSPS) is 31.8. The second-order valence-electron chi connectivity index (χ2n) is 17.2. The predicted octanol–water partition coefficient (Wildman–Crippen LogP) is 6.85. The highest BCUT2D eigenvalue weighted by atomic mass is 35.5. The number of allylic oxidation sites excluding steroid dienone is 3. The first-order chi connectivity index (χ1) is 25.3. The zero-order valence-corrected chi connectivity index (χ0v) is 36.3. The van der Waals surface area contributed by atoms with Crippen molar-refractivity contribution in [2.75, 3.05) is 33.2 Å². The molecule has 14 heteroatoms. The Kier molecular flexibility index (Phi) is 13.2. The molecule has 1 aromatic rings. The van der Waals surface area contributed by atoms with E-state index in [1.165, 1.54) is 16.9 Å². The number of anilines is 1. The molecule has 0 aliphatic carbocycles. The number of methoxy groups -OCH3 is 2. The molecule has 1 unspecified atom stereocenters. The first-order valence-electron chi connectivity index (χ1n) is 18.7. The summed E-state index contributed by atoms with van der Waals surface area (Å²) in [6.07, 6.45) is 4.18. The molecule has 3 heterocycles. The number of carbonyl (C=O) groups excluding carboxylic acids is 4. The Labute approximate surface area is 337 Å². The average Bonchev–Trinajstić information content (AvgIpc) is 3.80. The molecule has 3 aliphatic heterocycles. The Morgan fingerprint density at radius 3 is 2.42 bits per heavy atom. The van der Waals surface area contributed by atoms with Gasteiger partial charge in [0.2, 0.25) is 11.8 Å². The number of thiol groups is 1. The largest absolute Gasteiger partial charge is 0.495 e. The number of amides is 3. The summed E-state index contributed by atoms with van der Waals surface area (Å²) < 4.78 is 30.1. The maximum atomic E-state index is 14.3. The van der Waals surface area contributed by atoms with Crippen molar-refractivity contribution in [3.63, 3.8) is 0 Å². The minimum Gasteiger partial charge on any atom is -0.495 e. The Balaban J connectivity index is 1.81. The van der Waals surface area contributed by atoms with Gasteiger partial charge < -0.3 is 38.8 Å². The number of nitrogens with zero attached hydrogens (tertiary/aromatic N) is 2. The van der Waals surface area contributed by atoms with Crippen molar-refractivity contribution in [1.82, 2.24) is 10.2 Å². The lowest BCUT2D eigenvalue weighted by Gasteiger charge is -2.52. The third-order valence-electron chi connectivity index (χ3n) is 11.9. The molecule has 4 bridgehead atoms. The lowest BCUT2D eigenvalue weighted by atomic mass is 9.64. The minimum atomic E-state index is -1.20. The van der Waals surface area contributed by atoms with Gasteiger partial charge in [0.15, 0.2) is 0 Å². The van der Waals surface area contributed by atoms with E-state index in [4.69, 9.17) is 35.3 Å². The van der Waals surface area contributed by atoms with Gasteiger partial charge in [-0.3, -0.25) is 9.59 Å². The van der Waals surface area contributed by atoms with Crippen LogP contribution in [0.15, 0.2) is 35.9 Å². The van der Waals surface area contributed by atoms with Crippen molar-refractivity contribution in [3.05, 3.63) is 46.5 Å². The molecule has 2 saturated heterocycles. The lowest BCUT2D eigenvalue weighted by Crippen LogP contribution is -2.68. The van der Waals surface area contributed by atoms with Crippen LogP contribution < -0.4 is 15.0 Å². The zero-order chi connectivity index (χ0) is 41.5. The van der Waals surface area contributed by atoms with Crippen molar-refractivity contribution in [2.45, 2.75) is 140 Å². The van der Waals surface area contributed by atoms with E-state index >= 15 is 0 Å². The van der Waals surface area contributed by atoms with Gasteiger partial charge in [0.1, 0.15) is 34.1 Å². The van der Waals surface area contributed by atoms with E-state index in [0.717, 1.165) is 11.1 Å². The van der Waals surface area contributed by atoms with Crippen LogP contribution in [0.2, 0.25) is 5.02 Å². The Morgan fingerprint density at radius 1 is 1.16 bits per heavy atom. The van der Waals surface area contributed by atoms with Crippen LogP contribution in [0.5, 0.6) is 5.75 Å². The molecule has 7 atom stereocenters. The second kappa shape index (κ2) is 16.3. The van der Waals surface area contributed by atoms with Gasteiger partial charge in [0, 0.05) is 44.2 Å². The maximum absolute atomic E-state index is 14.3. The zero-order valence-electron chi connectivity index (χ0n) is 34.6. The van der Waals surface area contributed by atoms with E-state index in [1.54, 1.807) is 35.1 Å². The molecule has 2 fully saturated rings. The molecule has 4 rings (SSSR count). The van der Waals surface area contributed by atoms with Crippen LogP contribution in [0.3, 0.4) is 0 Å². The third kappa shape index (κ3) is 9.48. The smallest absolute Gasteiger partial charge is 0.408 e. The van der Waals surface area contributed by atoms with E-state index in [0.29, 0.717) is 30.7 Å². The van der Waals surface area contributed by atoms with Gasteiger partial charge in [-0.05, 0) is 65.2 Å². The Bertz CT molecular complexity index is 1730. The molecule has 0 spiro atoms. The summed E-state index contributed by atoms with van der Waals surface area (Å²) >= 11 is 11.3. The molecule has 55 heavy (non-hydrogen) atoms. The van der Waals surface area contributed by atoms with Crippen molar-refractivity contribution >= 4 is 53.8 Å². The molecular weight excluding hydrogens is 746 g/mol. The van der Waals surface area contributed by atoms with Crippen molar-refractivity contribution in [3.8, 4) is 5.75 Å². The number of ether oxygens (including phenoxy) is 5. The summed E-state index contributed by atoms with van der Waals surface area (Å²) in [7, 11) is 6.27. The van der Waals surface area contributed by atoms with Gasteiger partial charge in [-0.2, -0.15) is 12.6 Å². The molecular formula is C41H60ClN3O9S. The van der Waals surface area contributed by atoms with Crippen LogP contribution in [0, 0.1) is 5.41 Å². The standard InChI is InChI=1S/C41H60ClN3O9S/c1-24-15-14-16-29(51-13)39(7)23-40(8,54-36(49)43-39)38(5,6)35-41(9,53-35)30(52-34(48)25(2)44(10)31(46)17-18-37(3,4)55)22-32(47)45(11)27-20-26(19-24)21-28(50-12)33(27)42/h14-16,20-21,25,29-30,35,55H,17-19,22-23H2,1-13H3,(H,43,49)/b16-14+,24-15+/t25-,29+,30?,35-,39+,40-,41-/m0/s1. The maximum Gasteiger partial charge on any atom is 0.408 e. The van der Waals surface area contributed by atoms with Crippen LogP contribution in [-0.4, -0.2) is 103 Å². The molecule has 12 nitrogen and oxygen atoms in total. The molecule has 3 aliphatic rings. The molecule has 0 radical (unpaired) electrons. The quantitative estimate of drug-likeness (QED) is 0.164.